The van der Waals surface area contributed by atoms with Crippen molar-refractivity contribution in [2.45, 2.75) is 6.92 Å². The van der Waals surface area contributed by atoms with Crippen LogP contribution in [0.25, 0.3) is 0 Å². The smallest absolute Gasteiger partial charge is 0.324 e. The largest absolute Gasteiger partial charge is 0.364 e. The van der Waals surface area contributed by atoms with Crippen LogP contribution in [-0.4, -0.2) is 22.8 Å². The van der Waals surface area contributed by atoms with Crippen molar-refractivity contribution in [3.63, 3.8) is 0 Å². The Kier molecular flexibility index (Phi) is 3.21. The number of carbonyl (C=O) groups is 3. The molecule has 3 rings (SSSR count). The van der Waals surface area contributed by atoms with Crippen molar-refractivity contribution in [1.29, 1.82) is 0 Å². The van der Waals surface area contributed by atoms with Gasteiger partial charge in [0, 0.05) is 0 Å². The highest BCUT2D eigenvalue weighted by Gasteiger charge is 2.38. The second-order valence-corrected chi connectivity index (χ2v) is 4.79. The van der Waals surface area contributed by atoms with Crippen LogP contribution in [0.5, 0.6) is 0 Å². The van der Waals surface area contributed by atoms with E-state index in [0.29, 0.717) is 10.6 Å². The standard InChI is InChI=1S/C16H10FNO4/c1-9-6-7-10(17)8-13(9)16(21)22-18-14(19)11-4-2-3-5-12(11)15(18)20/h2-8H,1H3. The van der Waals surface area contributed by atoms with Gasteiger partial charge in [-0.05, 0) is 36.8 Å². The number of hydrogen-bond acceptors (Lipinski definition) is 4. The van der Waals surface area contributed by atoms with E-state index in [4.69, 9.17) is 4.84 Å². The van der Waals surface area contributed by atoms with Crippen LogP contribution in [0, 0.1) is 12.7 Å². The number of carbonyl (C=O) groups excluding carboxylic acids is 3. The molecular formula is C16H10FNO4. The number of benzene rings is 2. The molecule has 0 N–H and O–H groups in total. The zero-order chi connectivity index (χ0) is 15.9. The number of aryl methyl sites for hydroxylation is 1. The lowest BCUT2D eigenvalue weighted by atomic mass is 10.1. The van der Waals surface area contributed by atoms with Crippen LogP contribution in [0.2, 0.25) is 0 Å². The van der Waals surface area contributed by atoms with E-state index in [1.807, 2.05) is 0 Å². The monoisotopic (exact) mass is 299 g/mol. The molecule has 0 bridgehead atoms. The molecule has 0 aliphatic carbocycles. The number of rotatable bonds is 2. The first-order chi connectivity index (χ1) is 10.5. The Bertz CT molecular complexity index is 781. The zero-order valence-corrected chi connectivity index (χ0v) is 11.5. The first kappa shape index (κ1) is 13.9. The van der Waals surface area contributed by atoms with Crippen molar-refractivity contribution < 1.29 is 23.6 Å². The summed E-state index contributed by atoms with van der Waals surface area (Å²) < 4.78 is 13.2. The first-order valence-corrected chi connectivity index (χ1v) is 6.45. The van der Waals surface area contributed by atoms with Gasteiger partial charge in [-0.3, -0.25) is 9.59 Å². The van der Waals surface area contributed by atoms with Gasteiger partial charge in [0.2, 0.25) is 0 Å². The van der Waals surface area contributed by atoms with Gasteiger partial charge in [0.25, 0.3) is 11.8 Å². The summed E-state index contributed by atoms with van der Waals surface area (Å²) in [6, 6.07) is 9.75. The number of amides is 2. The lowest BCUT2D eigenvalue weighted by molar-refractivity contribution is -0.0585. The molecule has 1 heterocycles. The third-order valence-electron chi connectivity index (χ3n) is 3.35. The predicted molar refractivity (Wildman–Crippen MR) is 73.5 cm³/mol. The Morgan fingerprint density at radius 3 is 2.23 bits per heavy atom. The van der Waals surface area contributed by atoms with Crippen LogP contribution in [0.15, 0.2) is 42.5 Å². The molecule has 110 valence electrons. The van der Waals surface area contributed by atoms with Crippen LogP contribution in [-0.2, 0) is 4.84 Å². The van der Waals surface area contributed by atoms with Crippen molar-refractivity contribution in [2.75, 3.05) is 0 Å². The van der Waals surface area contributed by atoms with Crippen LogP contribution < -0.4 is 0 Å². The lowest BCUT2D eigenvalue weighted by Crippen LogP contribution is -2.32. The molecule has 0 radical (unpaired) electrons. The molecule has 1 aliphatic heterocycles. The second-order valence-electron chi connectivity index (χ2n) is 4.79. The molecule has 0 spiro atoms. The summed E-state index contributed by atoms with van der Waals surface area (Å²) in [5.41, 5.74) is 0.757. The minimum atomic E-state index is -0.966. The molecule has 1 aliphatic rings. The summed E-state index contributed by atoms with van der Waals surface area (Å²) >= 11 is 0. The normalized spacial score (nSPS) is 13.3. The number of imide groups is 1. The van der Waals surface area contributed by atoms with Gasteiger partial charge in [-0.25, -0.2) is 9.18 Å². The summed E-state index contributed by atoms with van der Waals surface area (Å²) in [6.07, 6.45) is 0. The second kappa shape index (κ2) is 5.07. The van der Waals surface area contributed by atoms with Crippen molar-refractivity contribution in [3.05, 3.63) is 70.5 Å². The Hall–Kier alpha value is -3.02. The Morgan fingerprint density at radius 1 is 1.05 bits per heavy atom. The van der Waals surface area contributed by atoms with Gasteiger partial charge >= 0.3 is 5.97 Å². The van der Waals surface area contributed by atoms with E-state index in [2.05, 4.69) is 0 Å². The molecule has 0 saturated carbocycles. The van der Waals surface area contributed by atoms with E-state index in [-0.39, 0.29) is 16.7 Å². The van der Waals surface area contributed by atoms with Crippen LogP contribution in [0.4, 0.5) is 4.39 Å². The van der Waals surface area contributed by atoms with Crippen molar-refractivity contribution >= 4 is 17.8 Å². The summed E-state index contributed by atoms with van der Waals surface area (Å²) in [6.45, 7) is 1.60. The fourth-order valence-electron chi connectivity index (χ4n) is 2.20. The minimum absolute atomic E-state index is 0.0449. The van der Waals surface area contributed by atoms with Gasteiger partial charge in [-0.15, -0.1) is 0 Å². The van der Waals surface area contributed by atoms with E-state index in [0.717, 1.165) is 6.07 Å². The zero-order valence-electron chi connectivity index (χ0n) is 11.5. The Balaban J connectivity index is 1.89. The van der Waals surface area contributed by atoms with Gasteiger partial charge in [0.1, 0.15) is 5.82 Å². The average Bonchev–Trinajstić information content (AvgIpc) is 2.75. The van der Waals surface area contributed by atoms with Crippen LogP contribution >= 0.6 is 0 Å². The average molecular weight is 299 g/mol. The minimum Gasteiger partial charge on any atom is -0.324 e. The highest BCUT2D eigenvalue weighted by molar-refractivity contribution is 6.21. The maximum Gasteiger partial charge on any atom is 0.364 e. The summed E-state index contributed by atoms with van der Waals surface area (Å²) in [7, 11) is 0. The summed E-state index contributed by atoms with van der Waals surface area (Å²) in [5.74, 6) is -3.02. The van der Waals surface area contributed by atoms with E-state index >= 15 is 0 Å². The van der Waals surface area contributed by atoms with Crippen molar-refractivity contribution in [2.24, 2.45) is 0 Å². The van der Waals surface area contributed by atoms with Crippen molar-refractivity contribution in [1.82, 2.24) is 5.06 Å². The van der Waals surface area contributed by atoms with Crippen molar-refractivity contribution in [3.8, 4) is 0 Å². The Morgan fingerprint density at radius 2 is 1.64 bits per heavy atom. The summed E-state index contributed by atoms with van der Waals surface area (Å²) in [5, 5.41) is 0.400. The number of halogens is 1. The van der Waals surface area contributed by atoms with Gasteiger partial charge in [-0.1, -0.05) is 23.3 Å². The van der Waals surface area contributed by atoms with Gasteiger partial charge in [0.15, 0.2) is 0 Å². The molecule has 6 heteroatoms. The third kappa shape index (κ3) is 2.14. The maximum atomic E-state index is 13.2. The molecule has 0 atom stereocenters. The third-order valence-corrected chi connectivity index (χ3v) is 3.35. The molecule has 2 amide bonds. The molecular weight excluding hydrogens is 289 g/mol. The highest BCUT2D eigenvalue weighted by atomic mass is 19.1. The van der Waals surface area contributed by atoms with Gasteiger partial charge in [0.05, 0.1) is 16.7 Å². The number of fused-ring (bicyclic) bond motifs is 1. The quantitative estimate of drug-likeness (QED) is 0.799. The number of hydroxylamine groups is 2. The SMILES string of the molecule is Cc1ccc(F)cc1C(=O)ON1C(=O)c2ccccc2C1=O. The van der Waals surface area contributed by atoms with E-state index in [1.165, 1.54) is 24.3 Å². The lowest BCUT2D eigenvalue weighted by Gasteiger charge is -2.13. The van der Waals surface area contributed by atoms with E-state index < -0.39 is 23.6 Å². The molecule has 2 aromatic rings. The topological polar surface area (TPSA) is 63.7 Å². The molecule has 0 saturated heterocycles. The first-order valence-electron chi connectivity index (χ1n) is 6.45. The van der Waals surface area contributed by atoms with Crippen LogP contribution in [0.3, 0.4) is 0 Å². The predicted octanol–water partition coefficient (Wildman–Crippen LogP) is 2.50. The molecule has 2 aromatic carbocycles. The highest BCUT2D eigenvalue weighted by Crippen LogP contribution is 2.23. The maximum absolute atomic E-state index is 13.2. The molecule has 5 nitrogen and oxygen atoms in total. The van der Waals surface area contributed by atoms with E-state index in [1.54, 1.807) is 19.1 Å². The fourth-order valence-corrected chi connectivity index (χ4v) is 2.20. The molecule has 0 unspecified atom stereocenters. The molecule has 0 fully saturated rings. The number of nitrogens with zero attached hydrogens (tertiary/aromatic N) is 1. The fraction of sp³-hybridized carbons (Fsp3) is 0.0625. The Labute approximate surface area is 124 Å². The van der Waals surface area contributed by atoms with E-state index in [9.17, 15) is 18.8 Å². The number of hydrogen-bond donors (Lipinski definition) is 0. The molecule has 0 aromatic heterocycles. The van der Waals surface area contributed by atoms with Crippen LogP contribution in [0.1, 0.15) is 36.6 Å². The summed E-state index contributed by atoms with van der Waals surface area (Å²) in [4.78, 5) is 41.1. The molecule has 22 heavy (non-hydrogen) atoms. The van der Waals surface area contributed by atoms with Gasteiger partial charge < -0.3 is 4.84 Å². The van der Waals surface area contributed by atoms with Gasteiger partial charge in [-0.2, -0.15) is 0 Å².